The third kappa shape index (κ3) is 15.0. The molecule has 5 N–H and O–H groups in total. The topological polar surface area (TPSA) is 243 Å². The molecule has 21 heteroatoms. The number of rotatable bonds is 16. The van der Waals surface area contributed by atoms with Crippen LogP contribution in [0.3, 0.4) is 0 Å². The number of nitrogens with zero attached hydrogens (tertiary/aromatic N) is 9. The first-order valence-electron chi connectivity index (χ1n) is 26.6. The Morgan fingerprint density at radius 3 is 1.90 bits per heavy atom. The van der Waals surface area contributed by atoms with Crippen molar-refractivity contribution in [2.24, 2.45) is 10.8 Å². The van der Waals surface area contributed by atoms with Gasteiger partial charge in [0.25, 0.3) is 5.91 Å². The van der Waals surface area contributed by atoms with Gasteiger partial charge in [-0.05, 0) is 66.5 Å². The number of carbonyl (C=O) groups excluding carboxylic acids is 3. The number of nitrogens with two attached hydrogens (primary N) is 1. The summed E-state index contributed by atoms with van der Waals surface area (Å²) in [5.41, 5.74) is 14.2. The normalized spacial score (nSPS) is 17.7. The quantitative estimate of drug-likeness (QED) is 0.0557. The van der Waals surface area contributed by atoms with Gasteiger partial charge in [0.05, 0.1) is 49.1 Å². The zero-order valence-electron chi connectivity index (χ0n) is 45.7. The molecular weight excluding hydrogens is 997 g/mol. The van der Waals surface area contributed by atoms with E-state index >= 15 is 0 Å². The zero-order chi connectivity index (χ0) is 54.9. The molecule has 10 rings (SSSR count). The van der Waals surface area contributed by atoms with E-state index in [1.54, 1.807) is 32.9 Å². The number of fused-ring (bicyclic) bond motifs is 2. The smallest absolute Gasteiger partial charge is 0.356 e. The Morgan fingerprint density at radius 2 is 1.35 bits per heavy atom. The van der Waals surface area contributed by atoms with Gasteiger partial charge in [-0.15, -0.1) is 0 Å². The summed E-state index contributed by atoms with van der Waals surface area (Å²) in [5.74, 6) is -1.19. The fourth-order valence-electron chi connectivity index (χ4n) is 10.1. The number of carbonyl (C=O) groups is 4. The van der Waals surface area contributed by atoms with Crippen molar-refractivity contribution < 1.29 is 38.5 Å². The molecule has 77 heavy (non-hydrogen) atoms. The van der Waals surface area contributed by atoms with Crippen LogP contribution in [-0.4, -0.2) is 145 Å². The number of benzene rings is 2. The average Bonchev–Trinajstić information content (AvgIpc) is 4.22. The van der Waals surface area contributed by atoms with Crippen molar-refractivity contribution in [1.82, 2.24) is 49.3 Å². The van der Waals surface area contributed by atoms with Crippen LogP contribution < -0.4 is 11.1 Å². The maximum Gasteiger partial charge on any atom is 0.356 e. The van der Waals surface area contributed by atoms with E-state index in [0.29, 0.717) is 63.2 Å². The number of aromatic nitrogens is 8. The van der Waals surface area contributed by atoms with Crippen molar-refractivity contribution in [1.29, 1.82) is 0 Å². The summed E-state index contributed by atoms with van der Waals surface area (Å²) in [6, 6.07) is 20.8. The van der Waals surface area contributed by atoms with Gasteiger partial charge < -0.3 is 40.2 Å². The van der Waals surface area contributed by atoms with Crippen molar-refractivity contribution in [2.75, 3.05) is 70.3 Å². The number of H-pyrrole nitrogens is 1. The van der Waals surface area contributed by atoms with Gasteiger partial charge in [-0.1, -0.05) is 108 Å². The second kappa shape index (κ2) is 24.6. The van der Waals surface area contributed by atoms with Crippen molar-refractivity contribution in [3.05, 3.63) is 130 Å². The van der Waals surface area contributed by atoms with E-state index in [0.717, 1.165) is 84.8 Å². The Hall–Kier alpha value is -6.94. The molecule has 0 radical (unpaired) electrons. The fourth-order valence-corrected chi connectivity index (χ4v) is 10.8. The van der Waals surface area contributed by atoms with Gasteiger partial charge in [0.1, 0.15) is 19.9 Å². The third-order valence-corrected chi connectivity index (χ3v) is 16.3. The lowest BCUT2D eigenvalue weighted by Crippen LogP contribution is -2.44. The van der Waals surface area contributed by atoms with Crippen LogP contribution in [0.25, 0.3) is 0 Å². The molecule has 4 aromatic heterocycles. The minimum absolute atomic E-state index is 0.0160. The van der Waals surface area contributed by atoms with Crippen LogP contribution in [0.2, 0.25) is 25.7 Å². The number of hydrogen-bond donors (Lipinski definition) is 4. The average molecular weight is 1070 g/mol. The first-order chi connectivity index (χ1) is 36.7. The first kappa shape index (κ1) is 56.3. The van der Waals surface area contributed by atoms with Crippen LogP contribution in [-0.2, 0) is 56.2 Å². The van der Waals surface area contributed by atoms with Crippen LogP contribution in [0.5, 0.6) is 0 Å². The highest BCUT2D eigenvalue weighted by atomic mass is 28.3. The van der Waals surface area contributed by atoms with E-state index < -0.39 is 14.0 Å². The number of amides is 3. The highest BCUT2D eigenvalue weighted by Crippen LogP contribution is 2.37. The van der Waals surface area contributed by atoms with E-state index in [9.17, 15) is 24.3 Å². The summed E-state index contributed by atoms with van der Waals surface area (Å²) in [4.78, 5) is 52.3. The van der Waals surface area contributed by atoms with Crippen LogP contribution in [0.1, 0.15) is 107 Å². The Bertz CT molecular complexity index is 2960. The second-order valence-electron chi connectivity index (χ2n) is 23.2. The molecule has 3 amide bonds. The van der Waals surface area contributed by atoms with Crippen LogP contribution in [0, 0.1) is 10.8 Å². The van der Waals surface area contributed by atoms with Gasteiger partial charge in [-0.2, -0.15) is 20.4 Å². The van der Waals surface area contributed by atoms with E-state index in [1.807, 2.05) is 76.4 Å². The number of carboxylic acid groups (broad SMARTS) is 1. The minimum atomic E-state index is -1.11. The van der Waals surface area contributed by atoms with Crippen LogP contribution in [0.4, 0.5) is 11.4 Å². The molecule has 2 aromatic carbocycles. The number of carboxylic acids is 1. The molecule has 2 aliphatic heterocycles. The first-order valence-corrected chi connectivity index (χ1v) is 30.3. The molecule has 412 valence electrons. The largest absolute Gasteiger partial charge is 0.476 e. The number of aromatic carboxylic acids is 1. The lowest BCUT2D eigenvalue weighted by Gasteiger charge is -2.31. The van der Waals surface area contributed by atoms with Crippen LogP contribution >= 0.6 is 0 Å². The molecule has 2 aliphatic carbocycles. The van der Waals surface area contributed by atoms with Gasteiger partial charge in [0.15, 0.2) is 11.4 Å². The number of hydrogen-bond acceptors (Lipinski definition) is 12. The molecule has 6 heterocycles. The molecule has 2 unspecified atom stereocenters. The number of ether oxygens (including phenoxy) is 3. The summed E-state index contributed by atoms with van der Waals surface area (Å²) < 4.78 is 21.6. The molecule has 20 nitrogen and oxygen atoms in total. The SMILES string of the molecule is CC1(C)CCc2c(C(=O)Nc3cnn(C(CN4CCOCC4=O)c4ccccc4)c3)n[nH]c2C1.CC1(C)CCc2c(C(=O)O)nn(COCC[Si](C)(C)C)c2C1.Nc1cnn(C(CN2CCOCC2=O)c2ccccc2)c1. The lowest BCUT2D eigenvalue weighted by molar-refractivity contribution is -0.143. The molecule has 6 aromatic rings. The highest BCUT2D eigenvalue weighted by molar-refractivity contribution is 6.76. The zero-order valence-corrected chi connectivity index (χ0v) is 46.7. The monoisotopic (exact) mass is 1070 g/mol. The van der Waals surface area contributed by atoms with E-state index in [4.69, 9.17) is 19.9 Å². The molecule has 0 spiro atoms. The maximum absolute atomic E-state index is 13.0. The van der Waals surface area contributed by atoms with E-state index in [1.165, 1.54) is 0 Å². The molecule has 0 bridgehead atoms. The second-order valence-corrected chi connectivity index (χ2v) is 28.8. The maximum atomic E-state index is 13.0. The summed E-state index contributed by atoms with van der Waals surface area (Å²) in [7, 11) is -1.11. The Morgan fingerprint density at radius 1 is 0.792 bits per heavy atom. The minimum Gasteiger partial charge on any atom is -0.476 e. The summed E-state index contributed by atoms with van der Waals surface area (Å²) >= 11 is 0. The summed E-state index contributed by atoms with van der Waals surface area (Å²) in [6.07, 6.45) is 12.3. The third-order valence-electron chi connectivity index (χ3n) is 14.6. The Kier molecular flexibility index (Phi) is 18.0. The fraction of sp³-hybridized carbons (Fsp3) is 0.500. The van der Waals surface area contributed by atoms with E-state index in [-0.39, 0.29) is 59.5 Å². The van der Waals surface area contributed by atoms with E-state index in [2.05, 4.69) is 78.1 Å². The Labute approximate surface area is 451 Å². The number of nitrogens with one attached hydrogen (secondary N) is 2. The number of nitrogen functional groups attached to an aromatic ring is 1. The van der Waals surface area contributed by atoms with Crippen molar-refractivity contribution in [2.45, 2.75) is 111 Å². The summed E-state index contributed by atoms with van der Waals surface area (Å²) in [5, 5.41) is 32.8. The van der Waals surface area contributed by atoms with Crippen molar-refractivity contribution in [3.8, 4) is 0 Å². The molecule has 0 saturated carbocycles. The predicted molar refractivity (Wildman–Crippen MR) is 294 cm³/mol. The highest BCUT2D eigenvalue weighted by Gasteiger charge is 2.34. The van der Waals surface area contributed by atoms with Crippen LogP contribution in [0.15, 0.2) is 85.5 Å². The Balaban J connectivity index is 0.000000160. The number of morpholine rings is 2. The van der Waals surface area contributed by atoms with Gasteiger partial charge in [-0.3, -0.25) is 28.8 Å². The van der Waals surface area contributed by atoms with Crippen molar-refractivity contribution in [3.63, 3.8) is 0 Å². The standard InChI is InChI=1S/C25H30N6O3.C16H28N2O3Si.C15H18N4O2/c1-25(2)9-8-19-20(12-25)28-29-23(19)24(33)27-18-13-26-31(14-18)21(17-6-4-3-5-7-17)15-30-10-11-34-16-22(30)32;1-16(2)7-6-12-13(10-16)18(17-14(12)15(19)20)11-21-8-9-22(3,4)5;16-13-8-17-19(9-13)14(12-4-2-1-3-5-12)10-18-6-7-21-11-15(18)20/h3-7,13-14,21H,8-12,15-16H2,1-2H3,(H,27,33)(H,28,29);6-11H2,1-5H3,(H,19,20);1-5,8-9,14H,6-7,10-11,16H2. The molecule has 4 aliphatic rings. The lowest BCUT2D eigenvalue weighted by atomic mass is 9.76. The van der Waals surface area contributed by atoms with Gasteiger partial charge in [0.2, 0.25) is 11.8 Å². The number of anilines is 2. The van der Waals surface area contributed by atoms with Gasteiger partial charge >= 0.3 is 5.97 Å². The number of aromatic amines is 1. The molecular formula is C56H76N12O8Si. The van der Waals surface area contributed by atoms with Gasteiger partial charge in [-0.25, -0.2) is 9.48 Å². The van der Waals surface area contributed by atoms with Gasteiger partial charge in [0, 0.05) is 75.8 Å². The summed E-state index contributed by atoms with van der Waals surface area (Å²) in [6.45, 7) is 20.5. The predicted octanol–water partition coefficient (Wildman–Crippen LogP) is 7.14. The van der Waals surface area contributed by atoms with Crippen molar-refractivity contribution >= 4 is 43.1 Å². The molecule has 2 fully saturated rings. The molecule has 2 atom stereocenters. The molecule has 2 saturated heterocycles.